The summed E-state index contributed by atoms with van der Waals surface area (Å²) >= 11 is 0. The third-order valence-corrected chi connectivity index (χ3v) is 6.10. The summed E-state index contributed by atoms with van der Waals surface area (Å²) in [5, 5.41) is 9.96. The molecule has 1 aromatic rings. The van der Waals surface area contributed by atoms with Crippen LogP contribution in [0.25, 0.3) is 0 Å². The van der Waals surface area contributed by atoms with Crippen molar-refractivity contribution in [2.24, 2.45) is 11.3 Å². The van der Waals surface area contributed by atoms with Gasteiger partial charge in [-0.1, -0.05) is 33.3 Å². The fourth-order valence-electron chi connectivity index (χ4n) is 5.04. The lowest BCUT2D eigenvalue weighted by atomic mass is 9.50. The number of phenols is 1. The highest BCUT2D eigenvalue weighted by Crippen LogP contribution is 2.57. The summed E-state index contributed by atoms with van der Waals surface area (Å²) in [5.41, 5.74) is 4.83. The minimum absolute atomic E-state index is 0.313. The molecule has 0 heterocycles. The Labute approximate surface area is 117 Å². The van der Waals surface area contributed by atoms with Crippen molar-refractivity contribution in [2.75, 3.05) is 0 Å². The molecule has 0 aliphatic heterocycles. The van der Waals surface area contributed by atoms with Crippen LogP contribution < -0.4 is 0 Å². The first-order chi connectivity index (χ1) is 8.86. The summed E-state index contributed by atoms with van der Waals surface area (Å²) in [5.74, 6) is 1.25. The highest BCUT2D eigenvalue weighted by atomic mass is 16.3. The van der Waals surface area contributed by atoms with Crippen molar-refractivity contribution in [1.29, 1.82) is 0 Å². The number of hydrogen-bond donors (Lipinski definition) is 1. The second-order valence-corrected chi connectivity index (χ2v) is 7.59. The molecule has 2 aliphatic carbocycles. The molecule has 1 heteroatoms. The minimum Gasteiger partial charge on any atom is -0.508 e. The van der Waals surface area contributed by atoms with Gasteiger partial charge in [0.05, 0.1) is 0 Å². The molecule has 2 atom stereocenters. The Morgan fingerprint density at radius 1 is 1.16 bits per heavy atom. The van der Waals surface area contributed by atoms with E-state index in [1.54, 1.807) is 0 Å². The molecule has 1 aromatic carbocycles. The van der Waals surface area contributed by atoms with E-state index in [1.165, 1.54) is 36.8 Å². The van der Waals surface area contributed by atoms with Crippen molar-refractivity contribution in [3.8, 4) is 5.75 Å². The van der Waals surface area contributed by atoms with Gasteiger partial charge in [0.2, 0.25) is 0 Å². The molecule has 0 amide bonds. The van der Waals surface area contributed by atoms with Crippen LogP contribution in [-0.4, -0.2) is 5.11 Å². The molecule has 3 rings (SSSR count). The van der Waals surface area contributed by atoms with Gasteiger partial charge >= 0.3 is 0 Å². The van der Waals surface area contributed by atoms with E-state index in [1.807, 2.05) is 6.07 Å². The number of hydrogen-bond acceptors (Lipinski definition) is 1. The standard InChI is InChI=1S/C18H26O/c1-12-13-6-9-16-17(2,3)10-5-11-18(16,4)14(13)7-8-15(12)19/h7-8,16,19H,5-6,9-11H2,1-4H3. The van der Waals surface area contributed by atoms with Crippen molar-refractivity contribution in [2.45, 2.75) is 65.2 Å². The van der Waals surface area contributed by atoms with Crippen LogP contribution in [0, 0.1) is 18.3 Å². The molecule has 1 fully saturated rings. The molecule has 0 aromatic heterocycles. The SMILES string of the molecule is Cc1c(O)ccc2c1CCC1C(C)(C)CCCC21C. The number of benzene rings is 1. The van der Waals surface area contributed by atoms with Crippen molar-refractivity contribution in [1.82, 2.24) is 0 Å². The van der Waals surface area contributed by atoms with Crippen LogP contribution in [0.1, 0.15) is 63.1 Å². The van der Waals surface area contributed by atoms with Gasteiger partial charge in [0.25, 0.3) is 0 Å². The zero-order chi connectivity index (χ0) is 13.8. The van der Waals surface area contributed by atoms with E-state index in [0.29, 0.717) is 16.6 Å². The number of phenolic OH excluding ortho intramolecular Hbond substituents is 1. The van der Waals surface area contributed by atoms with Crippen LogP contribution in [0.15, 0.2) is 12.1 Å². The lowest BCUT2D eigenvalue weighted by molar-refractivity contribution is 0.0405. The summed E-state index contributed by atoms with van der Waals surface area (Å²) in [6, 6.07) is 4.11. The molecule has 0 saturated heterocycles. The summed E-state index contributed by atoms with van der Waals surface area (Å²) in [4.78, 5) is 0. The van der Waals surface area contributed by atoms with Crippen LogP contribution in [-0.2, 0) is 11.8 Å². The first-order valence-electron chi connectivity index (χ1n) is 7.68. The zero-order valence-corrected chi connectivity index (χ0v) is 12.7. The first kappa shape index (κ1) is 13.0. The van der Waals surface area contributed by atoms with Gasteiger partial charge < -0.3 is 5.11 Å². The van der Waals surface area contributed by atoms with E-state index < -0.39 is 0 Å². The molecular formula is C18H26O. The van der Waals surface area contributed by atoms with Gasteiger partial charge in [-0.3, -0.25) is 0 Å². The van der Waals surface area contributed by atoms with Gasteiger partial charge in [0.15, 0.2) is 0 Å². The van der Waals surface area contributed by atoms with Gasteiger partial charge in [-0.05, 0) is 72.1 Å². The fourth-order valence-corrected chi connectivity index (χ4v) is 5.04. The average Bonchev–Trinajstić information content (AvgIpc) is 2.33. The van der Waals surface area contributed by atoms with Crippen LogP contribution in [0.2, 0.25) is 0 Å². The molecule has 19 heavy (non-hydrogen) atoms. The predicted molar refractivity (Wildman–Crippen MR) is 79.6 cm³/mol. The summed E-state index contributed by atoms with van der Waals surface area (Å²) in [6.45, 7) is 9.44. The van der Waals surface area contributed by atoms with Crippen molar-refractivity contribution in [3.05, 3.63) is 28.8 Å². The maximum absolute atomic E-state index is 9.96. The van der Waals surface area contributed by atoms with E-state index in [0.717, 1.165) is 17.9 Å². The van der Waals surface area contributed by atoms with Crippen LogP contribution in [0.5, 0.6) is 5.75 Å². The van der Waals surface area contributed by atoms with Crippen molar-refractivity contribution < 1.29 is 5.11 Å². The van der Waals surface area contributed by atoms with Crippen LogP contribution >= 0.6 is 0 Å². The second-order valence-electron chi connectivity index (χ2n) is 7.59. The van der Waals surface area contributed by atoms with Gasteiger partial charge in [0, 0.05) is 0 Å². The second kappa shape index (κ2) is 4.01. The molecule has 0 bridgehead atoms. The van der Waals surface area contributed by atoms with Gasteiger partial charge in [-0.15, -0.1) is 0 Å². The van der Waals surface area contributed by atoms with Gasteiger partial charge in [-0.25, -0.2) is 0 Å². The van der Waals surface area contributed by atoms with Crippen LogP contribution in [0.4, 0.5) is 0 Å². The quantitative estimate of drug-likeness (QED) is 0.713. The topological polar surface area (TPSA) is 20.2 Å². The molecule has 0 radical (unpaired) electrons. The number of rotatable bonds is 0. The Kier molecular flexibility index (Phi) is 2.75. The molecule has 1 N–H and O–H groups in total. The average molecular weight is 258 g/mol. The largest absolute Gasteiger partial charge is 0.508 e. The number of fused-ring (bicyclic) bond motifs is 3. The minimum atomic E-state index is 0.313. The van der Waals surface area contributed by atoms with Crippen molar-refractivity contribution in [3.63, 3.8) is 0 Å². The zero-order valence-electron chi connectivity index (χ0n) is 12.7. The van der Waals surface area contributed by atoms with E-state index in [2.05, 4.69) is 33.8 Å². The third kappa shape index (κ3) is 1.74. The molecule has 2 aliphatic rings. The first-order valence-corrected chi connectivity index (χ1v) is 7.68. The lowest BCUT2D eigenvalue weighted by Gasteiger charge is -2.54. The summed E-state index contributed by atoms with van der Waals surface area (Å²) < 4.78 is 0. The van der Waals surface area contributed by atoms with Crippen molar-refractivity contribution >= 4 is 0 Å². The number of aromatic hydroxyl groups is 1. The maximum Gasteiger partial charge on any atom is 0.118 e. The van der Waals surface area contributed by atoms with E-state index >= 15 is 0 Å². The highest BCUT2D eigenvalue weighted by Gasteiger charge is 2.49. The summed E-state index contributed by atoms with van der Waals surface area (Å²) in [7, 11) is 0. The monoisotopic (exact) mass is 258 g/mol. The maximum atomic E-state index is 9.96. The molecule has 2 unspecified atom stereocenters. The van der Waals surface area contributed by atoms with E-state index in [9.17, 15) is 5.11 Å². The Balaban J connectivity index is 2.16. The third-order valence-electron chi connectivity index (χ3n) is 6.10. The molecule has 1 saturated carbocycles. The molecule has 1 nitrogen and oxygen atoms in total. The van der Waals surface area contributed by atoms with Gasteiger partial charge in [0.1, 0.15) is 5.75 Å². The summed E-state index contributed by atoms with van der Waals surface area (Å²) in [6.07, 6.45) is 6.41. The van der Waals surface area contributed by atoms with E-state index in [4.69, 9.17) is 0 Å². The molecule has 104 valence electrons. The Bertz CT molecular complexity index is 515. The Morgan fingerprint density at radius 2 is 1.89 bits per heavy atom. The Hall–Kier alpha value is -0.980. The van der Waals surface area contributed by atoms with E-state index in [-0.39, 0.29) is 0 Å². The molecule has 0 spiro atoms. The lowest BCUT2D eigenvalue weighted by Crippen LogP contribution is -2.48. The fraction of sp³-hybridized carbons (Fsp3) is 0.667. The normalized spacial score (nSPS) is 32.5. The predicted octanol–water partition coefficient (Wildman–Crippen LogP) is 4.73. The Morgan fingerprint density at radius 3 is 2.63 bits per heavy atom. The molecular weight excluding hydrogens is 232 g/mol. The highest BCUT2D eigenvalue weighted by molar-refractivity contribution is 5.49. The van der Waals surface area contributed by atoms with Gasteiger partial charge in [-0.2, -0.15) is 0 Å². The smallest absolute Gasteiger partial charge is 0.118 e. The van der Waals surface area contributed by atoms with Crippen LogP contribution in [0.3, 0.4) is 0 Å².